The van der Waals surface area contributed by atoms with Gasteiger partial charge in [-0.1, -0.05) is 19.8 Å². The van der Waals surface area contributed by atoms with Gasteiger partial charge in [-0.15, -0.1) is 0 Å². The van der Waals surface area contributed by atoms with Crippen LogP contribution in [0.1, 0.15) is 44.6 Å². The maximum atomic E-state index is 12.4. The van der Waals surface area contributed by atoms with Crippen LogP contribution >= 0.6 is 0 Å². The predicted molar refractivity (Wildman–Crippen MR) is 116 cm³/mol. The zero-order valence-electron chi connectivity index (χ0n) is 17.2. The number of nitrogens with one attached hydrogen (secondary N) is 1. The second kappa shape index (κ2) is 8.48. The number of rotatable bonds is 5. The molecule has 1 aliphatic heterocycles. The lowest BCUT2D eigenvalue weighted by atomic mass is 10.0. The van der Waals surface area contributed by atoms with Gasteiger partial charge in [0.2, 0.25) is 5.91 Å². The molecule has 1 N–H and O–H groups in total. The Morgan fingerprint density at radius 1 is 1.14 bits per heavy atom. The number of piperazine rings is 1. The summed E-state index contributed by atoms with van der Waals surface area (Å²) in [6.07, 6.45) is 5.59. The van der Waals surface area contributed by atoms with E-state index < -0.39 is 0 Å². The molecule has 2 aliphatic rings. The van der Waals surface area contributed by atoms with E-state index in [1.807, 2.05) is 12.1 Å². The largest absolute Gasteiger partial charge is 0.354 e. The van der Waals surface area contributed by atoms with Crippen LogP contribution in [-0.4, -0.2) is 48.5 Å². The monoisotopic (exact) mass is 380 g/mol. The number of nitrogens with zero attached hydrogens (tertiary/aromatic N) is 3. The van der Waals surface area contributed by atoms with Crippen molar-refractivity contribution in [1.82, 2.24) is 9.88 Å². The molecular weight excluding hydrogens is 348 g/mol. The molecule has 1 saturated carbocycles. The van der Waals surface area contributed by atoms with E-state index in [-0.39, 0.29) is 5.91 Å². The van der Waals surface area contributed by atoms with E-state index in [0.29, 0.717) is 12.3 Å². The average molecular weight is 381 g/mol. The van der Waals surface area contributed by atoms with Gasteiger partial charge in [0.05, 0.1) is 5.52 Å². The number of carbonyl (C=O) groups excluding carboxylic acids is 1. The Labute approximate surface area is 168 Å². The number of amides is 1. The van der Waals surface area contributed by atoms with Gasteiger partial charge in [0.1, 0.15) is 5.82 Å². The number of carbonyl (C=O) groups is 1. The first-order valence-electron chi connectivity index (χ1n) is 10.8. The van der Waals surface area contributed by atoms with Crippen LogP contribution in [0.2, 0.25) is 0 Å². The molecule has 4 rings (SSSR count). The first-order chi connectivity index (χ1) is 13.6. The third-order valence-electron chi connectivity index (χ3n) is 6.38. The summed E-state index contributed by atoms with van der Waals surface area (Å²) in [5.74, 6) is 1.78. The van der Waals surface area contributed by atoms with Gasteiger partial charge in [0, 0.05) is 43.7 Å². The number of fused-ring (bicyclic) bond motifs is 1. The fraction of sp³-hybridized carbons (Fsp3) is 0.565. The van der Waals surface area contributed by atoms with Gasteiger partial charge >= 0.3 is 0 Å². The Morgan fingerprint density at radius 2 is 1.89 bits per heavy atom. The molecular formula is C23H32N4O. The summed E-state index contributed by atoms with van der Waals surface area (Å²) in [6.45, 7) is 9.73. The molecule has 1 saturated heterocycles. The Hall–Kier alpha value is -2.14. The molecule has 0 radical (unpaired) electrons. The third kappa shape index (κ3) is 4.30. The van der Waals surface area contributed by atoms with Gasteiger partial charge in [-0.05, 0) is 62.1 Å². The van der Waals surface area contributed by atoms with Crippen molar-refractivity contribution < 1.29 is 4.79 Å². The van der Waals surface area contributed by atoms with Gasteiger partial charge < -0.3 is 15.1 Å². The van der Waals surface area contributed by atoms with Crippen LogP contribution in [0, 0.1) is 12.8 Å². The summed E-state index contributed by atoms with van der Waals surface area (Å²) < 4.78 is 0. The number of pyridine rings is 1. The van der Waals surface area contributed by atoms with Gasteiger partial charge in [-0.25, -0.2) is 4.98 Å². The molecule has 150 valence electrons. The van der Waals surface area contributed by atoms with E-state index in [2.05, 4.69) is 41.1 Å². The van der Waals surface area contributed by atoms with Crippen LogP contribution in [0.5, 0.6) is 0 Å². The van der Waals surface area contributed by atoms with E-state index in [0.717, 1.165) is 55.1 Å². The van der Waals surface area contributed by atoms with Crippen LogP contribution in [0.4, 0.5) is 11.5 Å². The Balaban J connectivity index is 1.47. The van der Waals surface area contributed by atoms with Crippen molar-refractivity contribution in [2.45, 2.75) is 46.0 Å². The summed E-state index contributed by atoms with van der Waals surface area (Å²) in [5, 5.41) is 4.21. The maximum absolute atomic E-state index is 12.4. The first kappa shape index (κ1) is 19.2. The van der Waals surface area contributed by atoms with Crippen molar-refractivity contribution >= 4 is 28.3 Å². The number of hydrogen-bond donors (Lipinski definition) is 1. The third-order valence-corrected chi connectivity index (χ3v) is 6.38. The second-order valence-electron chi connectivity index (χ2n) is 8.35. The normalized spacial score (nSPS) is 18.7. The number of benzene rings is 1. The van der Waals surface area contributed by atoms with Gasteiger partial charge in [-0.2, -0.15) is 0 Å². The highest BCUT2D eigenvalue weighted by atomic mass is 16.1. The number of hydrogen-bond acceptors (Lipinski definition) is 4. The molecule has 2 fully saturated rings. The smallest absolute Gasteiger partial charge is 0.224 e. The number of likely N-dealkylation sites (N-methyl/N-ethyl adjacent to an activating group) is 1. The zero-order chi connectivity index (χ0) is 19.5. The topological polar surface area (TPSA) is 48.5 Å². The molecule has 5 heteroatoms. The molecule has 2 heterocycles. The van der Waals surface area contributed by atoms with Gasteiger partial charge in [0.15, 0.2) is 0 Å². The number of aryl methyl sites for hydroxylation is 1. The SMILES string of the molecule is CCN1CCN(c2cc(C)c3cc(NC(=O)CC4CCCC4)ccc3n2)CC1. The highest BCUT2D eigenvalue weighted by molar-refractivity contribution is 5.94. The molecule has 28 heavy (non-hydrogen) atoms. The fourth-order valence-electron chi connectivity index (χ4n) is 4.60. The van der Waals surface area contributed by atoms with Crippen LogP contribution in [0.15, 0.2) is 24.3 Å². The first-order valence-corrected chi connectivity index (χ1v) is 10.8. The van der Waals surface area contributed by atoms with Crippen LogP contribution < -0.4 is 10.2 Å². The molecule has 1 aromatic heterocycles. The zero-order valence-corrected chi connectivity index (χ0v) is 17.2. The van der Waals surface area contributed by atoms with Crippen molar-refractivity contribution in [3.63, 3.8) is 0 Å². The summed E-state index contributed by atoms with van der Waals surface area (Å²) in [5.41, 5.74) is 3.09. The summed E-state index contributed by atoms with van der Waals surface area (Å²) in [4.78, 5) is 22.1. The van der Waals surface area contributed by atoms with Crippen molar-refractivity contribution in [3.8, 4) is 0 Å². The standard InChI is InChI=1S/C23H32N4O/c1-3-26-10-12-27(13-11-26)22-14-17(2)20-16-19(8-9-21(20)25-22)24-23(28)15-18-6-4-5-7-18/h8-9,14,16,18H,3-7,10-13,15H2,1-2H3,(H,24,28). The Morgan fingerprint density at radius 3 is 2.61 bits per heavy atom. The van der Waals surface area contributed by atoms with Gasteiger partial charge in [0.25, 0.3) is 0 Å². The van der Waals surface area contributed by atoms with Gasteiger partial charge in [-0.3, -0.25) is 4.79 Å². The van der Waals surface area contributed by atoms with E-state index in [4.69, 9.17) is 4.98 Å². The molecule has 5 nitrogen and oxygen atoms in total. The summed E-state index contributed by atoms with van der Waals surface area (Å²) >= 11 is 0. The number of anilines is 2. The second-order valence-corrected chi connectivity index (χ2v) is 8.35. The molecule has 1 aromatic carbocycles. The van der Waals surface area contributed by atoms with Crippen molar-refractivity contribution in [1.29, 1.82) is 0 Å². The molecule has 0 spiro atoms. The predicted octanol–water partition coefficient (Wildman–Crippen LogP) is 4.20. The molecule has 1 amide bonds. The molecule has 0 atom stereocenters. The van der Waals surface area contributed by atoms with Crippen molar-refractivity contribution in [3.05, 3.63) is 29.8 Å². The van der Waals surface area contributed by atoms with E-state index in [1.54, 1.807) is 0 Å². The number of aromatic nitrogens is 1. The Kier molecular flexibility index (Phi) is 5.81. The van der Waals surface area contributed by atoms with Crippen molar-refractivity contribution in [2.24, 2.45) is 5.92 Å². The minimum absolute atomic E-state index is 0.141. The summed E-state index contributed by atoms with van der Waals surface area (Å²) in [6, 6.07) is 8.29. The highest BCUT2D eigenvalue weighted by Gasteiger charge is 2.19. The van der Waals surface area contributed by atoms with E-state index in [9.17, 15) is 4.79 Å². The summed E-state index contributed by atoms with van der Waals surface area (Å²) in [7, 11) is 0. The van der Waals surface area contributed by atoms with Crippen LogP contribution in [0.3, 0.4) is 0 Å². The lowest BCUT2D eigenvalue weighted by Crippen LogP contribution is -2.46. The molecule has 1 aliphatic carbocycles. The minimum atomic E-state index is 0.141. The van der Waals surface area contributed by atoms with E-state index >= 15 is 0 Å². The lowest BCUT2D eigenvalue weighted by Gasteiger charge is -2.35. The quantitative estimate of drug-likeness (QED) is 0.844. The fourth-order valence-corrected chi connectivity index (χ4v) is 4.60. The van der Waals surface area contributed by atoms with Crippen LogP contribution in [-0.2, 0) is 4.79 Å². The average Bonchev–Trinajstić information content (AvgIpc) is 3.21. The van der Waals surface area contributed by atoms with Crippen LogP contribution in [0.25, 0.3) is 10.9 Å². The lowest BCUT2D eigenvalue weighted by molar-refractivity contribution is -0.117. The van der Waals surface area contributed by atoms with Crippen molar-refractivity contribution in [2.75, 3.05) is 42.9 Å². The van der Waals surface area contributed by atoms with E-state index in [1.165, 1.54) is 31.2 Å². The minimum Gasteiger partial charge on any atom is -0.354 e. The molecule has 0 unspecified atom stereocenters. The maximum Gasteiger partial charge on any atom is 0.224 e. The molecule has 0 bridgehead atoms. The molecule has 2 aromatic rings. The highest BCUT2D eigenvalue weighted by Crippen LogP contribution is 2.29. The Bertz CT molecular complexity index is 836.